The zero-order chi connectivity index (χ0) is 21.3. The highest BCUT2D eigenvalue weighted by atomic mass is 35.5. The zero-order valence-corrected chi connectivity index (χ0v) is 17.6. The van der Waals surface area contributed by atoms with Gasteiger partial charge in [0.25, 0.3) is 5.91 Å². The van der Waals surface area contributed by atoms with Gasteiger partial charge in [0.2, 0.25) is 0 Å². The minimum Gasteiger partial charge on any atom is -0.381 e. The summed E-state index contributed by atoms with van der Waals surface area (Å²) in [5.41, 5.74) is 8.38. The Bertz CT molecular complexity index is 1060. The minimum absolute atomic E-state index is 0.0140. The van der Waals surface area contributed by atoms with Crippen molar-refractivity contribution in [3.63, 3.8) is 0 Å². The lowest BCUT2D eigenvalue weighted by Crippen LogP contribution is -2.56. The number of nitrogens with zero attached hydrogens (tertiary/aromatic N) is 4. The number of piperazine rings is 1. The molecule has 0 radical (unpaired) electrons. The number of carbonyl (C=O) groups excluding carboxylic acids is 1. The molecule has 158 valence electrons. The fourth-order valence-corrected chi connectivity index (χ4v) is 4.23. The van der Waals surface area contributed by atoms with Gasteiger partial charge in [-0.05, 0) is 23.8 Å². The Labute approximate surface area is 180 Å². The number of hydroxylamine groups is 3. The number of likely N-dealkylation sites (N-methyl/N-ethyl adjacent to an activating group) is 1. The number of anilines is 1. The Hall–Kier alpha value is -2.65. The SMILES string of the molecule is C[N+]1(O)CCN(C(CNc2c(C(N)=O)cnn3cccc23)c2ccccc2Cl)CC1. The van der Waals surface area contributed by atoms with E-state index in [9.17, 15) is 10.0 Å². The summed E-state index contributed by atoms with van der Waals surface area (Å²) in [6.07, 6.45) is 3.30. The summed E-state index contributed by atoms with van der Waals surface area (Å²) >= 11 is 6.54. The monoisotopic (exact) mass is 429 g/mol. The Morgan fingerprint density at radius 1 is 1.30 bits per heavy atom. The molecule has 1 saturated heterocycles. The van der Waals surface area contributed by atoms with Gasteiger partial charge in [-0.1, -0.05) is 29.8 Å². The smallest absolute Gasteiger partial charge is 0.252 e. The van der Waals surface area contributed by atoms with Gasteiger partial charge in [0.05, 0.1) is 49.1 Å². The van der Waals surface area contributed by atoms with Gasteiger partial charge in [-0.15, -0.1) is 0 Å². The number of aromatic nitrogens is 2. The maximum absolute atomic E-state index is 12.0. The first-order valence-corrected chi connectivity index (χ1v) is 10.3. The van der Waals surface area contributed by atoms with E-state index in [2.05, 4.69) is 15.3 Å². The van der Waals surface area contributed by atoms with E-state index in [4.69, 9.17) is 17.3 Å². The molecule has 8 nitrogen and oxygen atoms in total. The molecule has 0 spiro atoms. The van der Waals surface area contributed by atoms with Crippen molar-refractivity contribution in [2.24, 2.45) is 5.73 Å². The third kappa shape index (κ3) is 4.13. The highest BCUT2D eigenvalue weighted by molar-refractivity contribution is 6.31. The quantitative estimate of drug-likeness (QED) is 0.523. The molecule has 9 heteroatoms. The number of carbonyl (C=O) groups is 1. The van der Waals surface area contributed by atoms with Gasteiger partial charge >= 0.3 is 0 Å². The lowest BCUT2D eigenvalue weighted by molar-refractivity contribution is -1.09. The van der Waals surface area contributed by atoms with Crippen LogP contribution in [-0.2, 0) is 0 Å². The third-order valence-corrected chi connectivity index (χ3v) is 6.09. The maximum atomic E-state index is 12.0. The largest absolute Gasteiger partial charge is 0.381 e. The van der Waals surface area contributed by atoms with Gasteiger partial charge < -0.3 is 11.1 Å². The summed E-state index contributed by atoms with van der Waals surface area (Å²) in [4.78, 5) is 14.3. The van der Waals surface area contributed by atoms with Crippen LogP contribution in [0.15, 0.2) is 48.8 Å². The number of rotatable bonds is 6. The first-order chi connectivity index (χ1) is 14.4. The highest BCUT2D eigenvalue weighted by Gasteiger charge is 2.32. The standard InChI is InChI=1S/C21H25ClN6O2/c1-28(30)11-9-26(10-12-28)19(15-5-2-3-6-17(15)22)14-24-20-16(21(23)29)13-25-27-8-4-7-18(20)27/h2-8,13,19,30H,9-12,14H2,1H3,(H2-,23,24,25,29)/p+1. The Balaban J connectivity index is 1.66. The normalized spacial score (nSPS) is 17.7. The summed E-state index contributed by atoms with van der Waals surface area (Å²) in [5, 5.41) is 18.7. The van der Waals surface area contributed by atoms with E-state index < -0.39 is 5.91 Å². The van der Waals surface area contributed by atoms with Crippen LogP contribution in [0.5, 0.6) is 0 Å². The molecular formula is C21H26ClN6O2+. The average molecular weight is 430 g/mol. The molecule has 1 aliphatic rings. The fraction of sp³-hybridized carbons (Fsp3) is 0.333. The van der Waals surface area contributed by atoms with Crippen LogP contribution >= 0.6 is 11.6 Å². The molecule has 2 aromatic heterocycles. The van der Waals surface area contributed by atoms with Crippen molar-refractivity contribution in [1.29, 1.82) is 0 Å². The van der Waals surface area contributed by atoms with Gasteiger partial charge in [0.1, 0.15) is 13.1 Å². The van der Waals surface area contributed by atoms with Gasteiger partial charge in [0, 0.05) is 17.8 Å². The van der Waals surface area contributed by atoms with Crippen LogP contribution in [0.25, 0.3) is 5.52 Å². The number of halogens is 1. The average Bonchev–Trinajstić information content (AvgIpc) is 3.19. The van der Waals surface area contributed by atoms with E-state index in [1.807, 2.05) is 49.6 Å². The molecule has 1 fully saturated rings. The molecule has 4 rings (SSSR count). The van der Waals surface area contributed by atoms with Crippen LogP contribution in [0, 0.1) is 0 Å². The van der Waals surface area contributed by atoms with Crippen molar-refractivity contribution in [3.05, 3.63) is 64.9 Å². The predicted octanol–water partition coefficient (Wildman–Crippen LogP) is 2.39. The zero-order valence-electron chi connectivity index (χ0n) is 16.8. The number of nitrogens with one attached hydrogen (secondary N) is 1. The summed E-state index contributed by atoms with van der Waals surface area (Å²) in [6, 6.07) is 11.5. The molecule has 1 amide bonds. The lowest BCUT2D eigenvalue weighted by Gasteiger charge is -2.40. The van der Waals surface area contributed by atoms with Crippen LogP contribution in [0.2, 0.25) is 5.02 Å². The Kier molecular flexibility index (Phi) is 5.66. The van der Waals surface area contributed by atoms with E-state index in [0.717, 1.165) is 24.2 Å². The van der Waals surface area contributed by atoms with E-state index in [1.165, 1.54) is 6.20 Å². The van der Waals surface area contributed by atoms with Gasteiger partial charge in [-0.2, -0.15) is 9.75 Å². The molecular weight excluding hydrogens is 404 g/mol. The summed E-state index contributed by atoms with van der Waals surface area (Å²) < 4.78 is 1.72. The number of primary amides is 1. The Morgan fingerprint density at radius 3 is 2.73 bits per heavy atom. The fourth-order valence-electron chi connectivity index (χ4n) is 3.97. The first-order valence-electron chi connectivity index (χ1n) is 9.91. The molecule has 3 aromatic rings. The van der Waals surface area contributed by atoms with Crippen molar-refractivity contribution < 1.29 is 14.6 Å². The number of fused-ring (bicyclic) bond motifs is 1. The number of amides is 1. The van der Waals surface area contributed by atoms with Gasteiger partial charge in [-0.3, -0.25) is 9.69 Å². The molecule has 1 atom stereocenters. The second-order valence-corrected chi connectivity index (χ2v) is 8.28. The summed E-state index contributed by atoms with van der Waals surface area (Å²) in [6.45, 7) is 3.23. The molecule has 30 heavy (non-hydrogen) atoms. The van der Waals surface area contributed by atoms with Gasteiger partial charge in [-0.25, -0.2) is 9.72 Å². The van der Waals surface area contributed by atoms with Crippen LogP contribution in [0.4, 0.5) is 5.69 Å². The van der Waals surface area contributed by atoms with Crippen LogP contribution in [-0.4, -0.2) is 70.0 Å². The van der Waals surface area contributed by atoms with Crippen LogP contribution in [0.1, 0.15) is 22.0 Å². The second kappa shape index (κ2) is 8.23. The third-order valence-electron chi connectivity index (χ3n) is 5.75. The molecule has 1 aliphatic heterocycles. The molecule has 4 N–H and O–H groups in total. The van der Waals surface area contributed by atoms with Gasteiger partial charge in [0.15, 0.2) is 0 Å². The Morgan fingerprint density at radius 2 is 2.03 bits per heavy atom. The number of hydrogen-bond acceptors (Lipinski definition) is 5. The molecule has 3 heterocycles. The summed E-state index contributed by atoms with van der Waals surface area (Å²) in [5.74, 6) is -0.533. The number of quaternary nitrogens is 1. The van der Waals surface area contributed by atoms with Crippen molar-refractivity contribution in [2.75, 3.05) is 45.1 Å². The van der Waals surface area contributed by atoms with Crippen molar-refractivity contribution in [3.8, 4) is 0 Å². The summed E-state index contributed by atoms with van der Waals surface area (Å²) in [7, 11) is 1.82. The van der Waals surface area contributed by atoms with E-state index in [0.29, 0.717) is 35.9 Å². The van der Waals surface area contributed by atoms with Crippen LogP contribution in [0.3, 0.4) is 0 Å². The van der Waals surface area contributed by atoms with Crippen molar-refractivity contribution in [2.45, 2.75) is 6.04 Å². The van der Waals surface area contributed by atoms with Crippen molar-refractivity contribution >= 4 is 28.7 Å². The van der Waals surface area contributed by atoms with E-state index in [-0.39, 0.29) is 10.7 Å². The topological polar surface area (TPSA) is 95.9 Å². The first kappa shape index (κ1) is 20.6. The molecule has 0 bridgehead atoms. The molecule has 0 aliphatic carbocycles. The predicted molar refractivity (Wildman–Crippen MR) is 116 cm³/mol. The molecule has 0 saturated carbocycles. The van der Waals surface area contributed by atoms with E-state index >= 15 is 0 Å². The number of nitrogens with two attached hydrogens (primary N) is 1. The number of benzene rings is 1. The van der Waals surface area contributed by atoms with E-state index in [1.54, 1.807) is 4.52 Å². The molecule has 1 aromatic carbocycles. The minimum atomic E-state index is -0.533. The number of hydrogen-bond donors (Lipinski definition) is 3. The highest BCUT2D eigenvalue weighted by Crippen LogP contribution is 2.30. The second-order valence-electron chi connectivity index (χ2n) is 7.88. The van der Waals surface area contributed by atoms with Crippen molar-refractivity contribution in [1.82, 2.24) is 14.5 Å². The molecule has 1 unspecified atom stereocenters. The van der Waals surface area contributed by atoms with Crippen LogP contribution < -0.4 is 11.1 Å². The lowest BCUT2D eigenvalue weighted by atomic mass is 10.0. The maximum Gasteiger partial charge on any atom is 0.252 e.